The number of imidazole rings is 1. The van der Waals surface area contributed by atoms with Gasteiger partial charge in [0.05, 0.1) is 23.1 Å². The van der Waals surface area contributed by atoms with Crippen molar-refractivity contribution in [1.29, 1.82) is 0 Å². The van der Waals surface area contributed by atoms with Crippen molar-refractivity contribution in [1.82, 2.24) is 14.5 Å². The molecule has 0 fully saturated rings. The largest absolute Gasteiger partial charge is 0.370 e. The van der Waals surface area contributed by atoms with Gasteiger partial charge in [0, 0.05) is 18.4 Å². The number of fused-ring (bicyclic) bond motifs is 3. The van der Waals surface area contributed by atoms with Gasteiger partial charge in [-0.25, -0.2) is 4.98 Å². The molecule has 0 aliphatic carbocycles. The number of amides is 1. The van der Waals surface area contributed by atoms with E-state index in [4.69, 9.17) is 17.3 Å². The van der Waals surface area contributed by atoms with Gasteiger partial charge in [0.1, 0.15) is 11.3 Å². The van der Waals surface area contributed by atoms with Gasteiger partial charge in [-0.2, -0.15) is 0 Å². The molecule has 1 aromatic carbocycles. The lowest BCUT2D eigenvalue weighted by molar-refractivity contribution is -0.118. The number of alkyl halides is 1. The van der Waals surface area contributed by atoms with Crippen molar-refractivity contribution in [2.75, 3.05) is 0 Å². The number of pyridine rings is 1. The average molecular weight is 289 g/mol. The number of rotatable bonds is 4. The summed E-state index contributed by atoms with van der Waals surface area (Å²) in [6.07, 6.45) is 1.99. The number of benzene rings is 1. The summed E-state index contributed by atoms with van der Waals surface area (Å²) in [6, 6.07) is 7.83. The predicted molar refractivity (Wildman–Crippen MR) is 78.4 cm³/mol. The van der Waals surface area contributed by atoms with Gasteiger partial charge >= 0.3 is 0 Å². The lowest BCUT2D eigenvalue weighted by Crippen LogP contribution is -2.15. The van der Waals surface area contributed by atoms with Crippen molar-refractivity contribution < 1.29 is 4.79 Å². The molecule has 0 bridgehead atoms. The molecule has 0 radical (unpaired) electrons. The third-order valence-corrected chi connectivity index (χ3v) is 3.50. The van der Waals surface area contributed by atoms with Crippen LogP contribution in [0.25, 0.3) is 21.9 Å². The van der Waals surface area contributed by atoms with Crippen LogP contribution in [0.2, 0.25) is 0 Å². The zero-order valence-corrected chi connectivity index (χ0v) is 11.5. The van der Waals surface area contributed by atoms with Crippen LogP contribution in [-0.4, -0.2) is 20.4 Å². The Labute approximate surface area is 120 Å². The second-order valence-corrected chi connectivity index (χ2v) is 4.81. The number of hydrogen-bond donors (Lipinski definition) is 1. The summed E-state index contributed by atoms with van der Waals surface area (Å²) >= 11 is 5.95. The van der Waals surface area contributed by atoms with Gasteiger partial charge in [0.15, 0.2) is 0 Å². The van der Waals surface area contributed by atoms with E-state index in [-0.39, 0.29) is 18.2 Å². The topological polar surface area (TPSA) is 73.8 Å². The first-order chi connectivity index (χ1) is 9.70. The van der Waals surface area contributed by atoms with Crippen LogP contribution >= 0.6 is 11.6 Å². The Morgan fingerprint density at radius 1 is 1.30 bits per heavy atom. The summed E-state index contributed by atoms with van der Waals surface area (Å²) in [5.41, 5.74) is 7.86. The van der Waals surface area contributed by atoms with Crippen LogP contribution in [0.5, 0.6) is 0 Å². The minimum absolute atomic E-state index is 0.256. The number of halogens is 1. The second kappa shape index (κ2) is 5.09. The van der Waals surface area contributed by atoms with E-state index in [2.05, 4.69) is 9.97 Å². The van der Waals surface area contributed by atoms with Crippen molar-refractivity contribution in [3.05, 3.63) is 36.3 Å². The highest BCUT2D eigenvalue weighted by Crippen LogP contribution is 2.25. The number of hydrogen-bond acceptors (Lipinski definition) is 3. The highest BCUT2D eigenvalue weighted by Gasteiger charge is 2.13. The van der Waals surface area contributed by atoms with Gasteiger partial charge in [0.25, 0.3) is 0 Å². The number of aryl methyl sites for hydroxylation is 1. The molecule has 0 saturated carbocycles. The highest BCUT2D eigenvalue weighted by atomic mass is 35.5. The molecule has 0 saturated heterocycles. The first-order valence-corrected chi connectivity index (χ1v) is 6.81. The Bertz CT molecular complexity index is 796. The molecule has 2 heterocycles. The minimum Gasteiger partial charge on any atom is -0.370 e. The summed E-state index contributed by atoms with van der Waals surface area (Å²) in [7, 11) is 0. The number of aromatic nitrogens is 3. The Hall–Kier alpha value is -2.14. The molecular weight excluding hydrogens is 276 g/mol. The SMILES string of the molecule is NC(=O)CCn1c(CCl)nc2cnc3ccccc3c21. The van der Waals surface area contributed by atoms with E-state index in [9.17, 15) is 4.79 Å². The molecular formula is C14H13ClN4O. The standard InChI is InChI=1S/C14H13ClN4O/c15-7-13-18-11-8-17-10-4-2-1-3-9(10)14(11)19(13)6-5-12(16)20/h1-4,8H,5-7H2,(H2,16,20). The van der Waals surface area contributed by atoms with Gasteiger partial charge in [-0.15, -0.1) is 11.6 Å². The summed E-state index contributed by atoms with van der Waals surface area (Å²) in [5.74, 6) is 0.661. The van der Waals surface area contributed by atoms with Gasteiger partial charge in [-0.1, -0.05) is 18.2 Å². The normalized spacial score (nSPS) is 11.2. The summed E-state index contributed by atoms with van der Waals surface area (Å²) < 4.78 is 1.96. The number of carbonyl (C=O) groups excluding carboxylic acids is 1. The van der Waals surface area contributed by atoms with Crippen molar-refractivity contribution in [2.24, 2.45) is 5.73 Å². The lowest BCUT2D eigenvalue weighted by Gasteiger charge is -2.07. The van der Waals surface area contributed by atoms with Gasteiger partial charge in [0.2, 0.25) is 5.91 Å². The smallest absolute Gasteiger partial charge is 0.219 e. The summed E-state index contributed by atoms with van der Waals surface area (Å²) in [5, 5.41) is 0.998. The molecule has 2 aromatic heterocycles. The third kappa shape index (κ3) is 2.10. The van der Waals surface area contributed by atoms with E-state index < -0.39 is 0 Å². The maximum absolute atomic E-state index is 11.0. The average Bonchev–Trinajstić information content (AvgIpc) is 2.83. The van der Waals surface area contributed by atoms with Gasteiger partial charge < -0.3 is 10.3 Å². The number of carbonyl (C=O) groups is 1. The predicted octanol–water partition coefficient (Wildman–Crippen LogP) is 2.20. The van der Waals surface area contributed by atoms with Gasteiger partial charge in [-0.3, -0.25) is 9.78 Å². The van der Waals surface area contributed by atoms with E-state index in [1.165, 1.54) is 0 Å². The van der Waals surface area contributed by atoms with Crippen LogP contribution < -0.4 is 5.73 Å². The zero-order chi connectivity index (χ0) is 14.1. The van der Waals surface area contributed by atoms with Crippen molar-refractivity contribution in [3.8, 4) is 0 Å². The molecule has 6 heteroatoms. The fourth-order valence-electron chi connectivity index (χ4n) is 2.38. The van der Waals surface area contributed by atoms with Crippen LogP contribution in [0.4, 0.5) is 0 Å². The molecule has 3 rings (SSSR count). The van der Waals surface area contributed by atoms with Crippen LogP contribution in [0.1, 0.15) is 12.2 Å². The fraction of sp³-hybridized carbons (Fsp3) is 0.214. The Morgan fingerprint density at radius 3 is 2.85 bits per heavy atom. The first-order valence-electron chi connectivity index (χ1n) is 6.28. The zero-order valence-electron chi connectivity index (χ0n) is 10.7. The van der Waals surface area contributed by atoms with E-state index in [1.54, 1.807) is 6.20 Å². The second-order valence-electron chi connectivity index (χ2n) is 4.54. The molecule has 1 amide bonds. The summed E-state index contributed by atoms with van der Waals surface area (Å²) in [4.78, 5) is 19.9. The van der Waals surface area contributed by atoms with E-state index >= 15 is 0 Å². The summed E-state index contributed by atoms with van der Waals surface area (Å²) in [6.45, 7) is 0.474. The van der Waals surface area contributed by atoms with Gasteiger partial charge in [-0.05, 0) is 6.07 Å². The molecule has 20 heavy (non-hydrogen) atoms. The molecule has 0 aliphatic rings. The van der Waals surface area contributed by atoms with Crippen molar-refractivity contribution in [3.63, 3.8) is 0 Å². The molecule has 5 nitrogen and oxygen atoms in total. The number of nitrogens with zero attached hydrogens (tertiary/aromatic N) is 3. The molecule has 0 unspecified atom stereocenters. The molecule has 102 valence electrons. The molecule has 0 spiro atoms. The monoisotopic (exact) mass is 288 g/mol. The lowest BCUT2D eigenvalue weighted by atomic mass is 10.2. The minimum atomic E-state index is -0.342. The number of para-hydroxylation sites is 1. The van der Waals surface area contributed by atoms with Crippen LogP contribution in [0.3, 0.4) is 0 Å². The quantitative estimate of drug-likeness (QED) is 0.748. The number of primary amides is 1. The number of nitrogens with two attached hydrogens (primary N) is 1. The van der Waals surface area contributed by atoms with Crippen LogP contribution in [0, 0.1) is 0 Å². The van der Waals surface area contributed by atoms with Crippen LogP contribution in [-0.2, 0) is 17.2 Å². The van der Waals surface area contributed by atoms with E-state index in [0.29, 0.717) is 6.54 Å². The first kappa shape index (κ1) is 12.9. The maximum atomic E-state index is 11.0. The fourth-order valence-corrected chi connectivity index (χ4v) is 2.58. The Balaban J connectivity index is 2.28. The van der Waals surface area contributed by atoms with E-state index in [0.717, 1.165) is 27.8 Å². The Morgan fingerprint density at radius 2 is 2.10 bits per heavy atom. The van der Waals surface area contributed by atoms with Crippen LogP contribution in [0.15, 0.2) is 30.5 Å². The maximum Gasteiger partial charge on any atom is 0.219 e. The third-order valence-electron chi connectivity index (χ3n) is 3.26. The van der Waals surface area contributed by atoms with Crippen molar-refractivity contribution in [2.45, 2.75) is 18.8 Å². The van der Waals surface area contributed by atoms with E-state index in [1.807, 2.05) is 28.8 Å². The molecule has 3 aromatic rings. The van der Waals surface area contributed by atoms with Crippen molar-refractivity contribution >= 4 is 39.4 Å². The highest BCUT2D eigenvalue weighted by molar-refractivity contribution is 6.17. The molecule has 0 atom stereocenters. The molecule has 2 N–H and O–H groups in total. The molecule has 0 aliphatic heterocycles. The Kier molecular flexibility index (Phi) is 3.28.